The molecule has 0 N–H and O–H groups in total. The molecule has 0 fully saturated rings. The molecule has 4 aromatic heterocycles. The van der Waals surface area contributed by atoms with Gasteiger partial charge in [-0.05, 0) is 35.1 Å². The highest BCUT2D eigenvalue weighted by molar-refractivity contribution is 5.61. The predicted octanol–water partition coefficient (Wildman–Crippen LogP) is 7.59. The summed E-state index contributed by atoms with van der Waals surface area (Å²) in [5.74, 6) is 0. The molecule has 4 heteroatoms. The Balaban J connectivity index is 1.03. The summed E-state index contributed by atoms with van der Waals surface area (Å²) in [7, 11) is 0. The first kappa shape index (κ1) is 31.5. The number of hydrogen-bond donors (Lipinski definition) is 0. The van der Waals surface area contributed by atoms with Crippen LogP contribution in [-0.4, -0.2) is 0 Å². The molecule has 0 amide bonds. The smallest absolute Gasteiger partial charge is 0.169 e. The molecular weight excluding hydrogens is 512 g/mol. The number of hydrogen-bond acceptors (Lipinski definition) is 0. The Kier molecular flexibility index (Phi) is 13.7. The first-order valence-corrected chi connectivity index (χ1v) is 16.7. The van der Waals surface area contributed by atoms with Gasteiger partial charge in [-0.15, -0.1) is 0 Å². The Labute approximate surface area is 255 Å². The summed E-state index contributed by atoms with van der Waals surface area (Å²) in [4.78, 5) is 0. The van der Waals surface area contributed by atoms with Crippen molar-refractivity contribution >= 4 is 0 Å². The molecule has 4 rings (SSSR count). The second-order valence-electron chi connectivity index (χ2n) is 11.8. The van der Waals surface area contributed by atoms with Gasteiger partial charge in [0.15, 0.2) is 49.6 Å². The SMILES string of the molecule is CCCC[n+]1ccc(-c2cc[n+](CCCCCCCCCC[n+]3ccc(-c4cc[n+](CCCC)cc4)cc3)cc2)cc1. The highest BCUT2D eigenvalue weighted by atomic mass is 14.9. The summed E-state index contributed by atoms with van der Waals surface area (Å²) in [6, 6.07) is 18.0. The highest BCUT2D eigenvalue weighted by Crippen LogP contribution is 2.17. The predicted molar refractivity (Wildman–Crippen MR) is 171 cm³/mol. The molecule has 4 nitrogen and oxygen atoms in total. The summed E-state index contributed by atoms with van der Waals surface area (Å²) in [6.07, 6.45) is 33.4. The second-order valence-corrected chi connectivity index (χ2v) is 11.8. The van der Waals surface area contributed by atoms with Crippen LogP contribution in [0.5, 0.6) is 0 Å². The third kappa shape index (κ3) is 10.8. The van der Waals surface area contributed by atoms with E-state index < -0.39 is 0 Å². The maximum absolute atomic E-state index is 2.33. The van der Waals surface area contributed by atoms with Crippen LogP contribution in [0.25, 0.3) is 22.3 Å². The van der Waals surface area contributed by atoms with E-state index in [1.54, 1.807) is 0 Å². The van der Waals surface area contributed by atoms with Crippen LogP contribution in [0.1, 0.15) is 90.9 Å². The van der Waals surface area contributed by atoms with E-state index in [2.05, 4.69) is 130 Å². The van der Waals surface area contributed by atoms with Crippen LogP contribution >= 0.6 is 0 Å². The van der Waals surface area contributed by atoms with Crippen molar-refractivity contribution in [1.29, 1.82) is 0 Å². The quantitative estimate of drug-likeness (QED) is 0.0821. The van der Waals surface area contributed by atoms with Crippen LogP contribution in [0.4, 0.5) is 0 Å². The molecule has 4 aromatic rings. The van der Waals surface area contributed by atoms with Gasteiger partial charge in [-0.2, -0.15) is 0 Å². The van der Waals surface area contributed by atoms with Gasteiger partial charge in [0.2, 0.25) is 0 Å². The maximum atomic E-state index is 2.33. The van der Waals surface area contributed by atoms with Gasteiger partial charge in [0.05, 0.1) is 0 Å². The van der Waals surface area contributed by atoms with Crippen molar-refractivity contribution in [1.82, 2.24) is 0 Å². The lowest BCUT2D eigenvalue weighted by Crippen LogP contribution is -2.33. The number of aromatic nitrogens is 4. The van der Waals surface area contributed by atoms with Crippen LogP contribution in [-0.2, 0) is 26.2 Å². The lowest BCUT2D eigenvalue weighted by atomic mass is 10.1. The Morgan fingerprint density at radius 3 is 0.762 bits per heavy atom. The third-order valence-electron chi connectivity index (χ3n) is 8.35. The molecule has 222 valence electrons. The number of unbranched alkanes of at least 4 members (excludes halogenated alkanes) is 9. The van der Waals surface area contributed by atoms with Gasteiger partial charge in [-0.3, -0.25) is 0 Å². The van der Waals surface area contributed by atoms with Gasteiger partial charge >= 0.3 is 0 Å². The van der Waals surface area contributed by atoms with Crippen LogP contribution in [0.2, 0.25) is 0 Å². The van der Waals surface area contributed by atoms with Crippen LogP contribution in [0.15, 0.2) is 98.1 Å². The molecule has 0 bridgehead atoms. The van der Waals surface area contributed by atoms with Gasteiger partial charge < -0.3 is 0 Å². The zero-order valence-electron chi connectivity index (χ0n) is 26.3. The molecule has 0 saturated heterocycles. The molecule has 0 unspecified atom stereocenters. The lowest BCUT2D eigenvalue weighted by molar-refractivity contribution is -0.697. The van der Waals surface area contributed by atoms with E-state index in [1.807, 2.05) is 0 Å². The molecule has 0 aliphatic heterocycles. The van der Waals surface area contributed by atoms with Crippen LogP contribution in [0, 0.1) is 0 Å². The first-order chi connectivity index (χ1) is 20.7. The average molecular weight is 567 g/mol. The molecule has 4 heterocycles. The zero-order chi connectivity index (χ0) is 29.2. The molecule has 0 aromatic carbocycles. The van der Waals surface area contributed by atoms with Gasteiger partial charge in [0.1, 0.15) is 26.2 Å². The summed E-state index contributed by atoms with van der Waals surface area (Å²) >= 11 is 0. The number of rotatable bonds is 19. The van der Waals surface area contributed by atoms with Crippen molar-refractivity contribution in [2.24, 2.45) is 0 Å². The summed E-state index contributed by atoms with van der Waals surface area (Å²) in [5.41, 5.74) is 5.19. The minimum atomic E-state index is 1.11. The first-order valence-electron chi connectivity index (χ1n) is 16.7. The Morgan fingerprint density at radius 2 is 0.524 bits per heavy atom. The molecule has 0 radical (unpaired) electrons. The summed E-state index contributed by atoms with van der Waals surface area (Å²) in [6.45, 7) is 8.93. The van der Waals surface area contributed by atoms with Crippen molar-refractivity contribution in [2.75, 3.05) is 0 Å². The molecule has 42 heavy (non-hydrogen) atoms. The topological polar surface area (TPSA) is 15.5 Å². The molecular formula is C38H54N4+4. The average Bonchev–Trinajstić information content (AvgIpc) is 3.05. The third-order valence-corrected chi connectivity index (χ3v) is 8.35. The van der Waals surface area contributed by atoms with E-state index >= 15 is 0 Å². The Bertz CT molecular complexity index is 1160. The van der Waals surface area contributed by atoms with E-state index in [1.165, 1.54) is 99.3 Å². The number of nitrogens with zero attached hydrogens (tertiary/aromatic N) is 4. The molecule has 0 atom stereocenters. The van der Waals surface area contributed by atoms with Gasteiger partial charge in [-0.1, -0.05) is 52.4 Å². The second kappa shape index (κ2) is 18.2. The van der Waals surface area contributed by atoms with Gasteiger partial charge in [-0.25, -0.2) is 18.3 Å². The van der Waals surface area contributed by atoms with E-state index in [-0.39, 0.29) is 0 Å². The van der Waals surface area contributed by atoms with E-state index in [9.17, 15) is 0 Å². The summed E-state index contributed by atoms with van der Waals surface area (Å²) < 4.78 is 9.23. The van der Waals surface area contributed by atoms with Crippen molar-refractivity contribution in [3.63, 3.8) is 0 Å². The number of aryl methyl sites for hydroxylation is 4. The fraction of sp³-hybridized carbons (Fsp3) is 0.474. The van der Waals surface area contributed by atoms with Crippen molar-refractivity contribution in [2.45, 2.75) is 117 Å². The normalized spacial score (nSPS) is 11.2. The Hall–Kier alpha value is -3.40. The number of pyridine rings is 4. The van der Waals surface area contributed by atoms with Crippen molar-refractivity contribution in [3.8, 4) is 22.3 Å². The maximum Gasteiger partial charge on any atom is 0.169 e. The lowest BCUT2D eigenvalue weighted by Gasteiger charge is -2.03. The highest BCUT2D eigenvalue weighted by Gasteiger charge is 2.07. The molecule has 0 saturated carbocycles. The minimum absolute atomic E-state index is 1.11. The molecule has 0 aliphatic carbocycles. The monoisotopic (exact) mass is 566 g/mol. The summed E-state index contributed by atoms with van der Waals surface area (Å²) in [5, 5.41) is 0. The van der Waals surface area contributed by atoms with Crippen LogP contribution in [0.3, 0.4) is 0 Å². The van der Waals surface area contributed by atoms with E-state index in [0.29, 0.717) is 0 Å². The van der Waals surface area contributed by atoms with E-state index in [4.69, 9.17) is 0 Å². The van der Waals surface area contributed by atoms with Gasteiger partial charge in [0, 0.05) is 74.2 Å². The van der Waals surface area contributed by atoms with Gasteiger partial charge in [0.25, 0.3) is 0 Å². The Morgan fingerprint density at radius 1 is 0.310 bits per heavy atom. The largest absolute Gasteiger partial charge is 0.205 e. The fourth-order valence-corrected chi connectivity index (χ4v) is 5.53. The van der Waals surface area contributed by atoms with Crippen molar-refractivity contribution in [3.05, 3.63) is 98.1 Å². The molecule has 0 aliphatic rings. The van der Waals surface area contributed by atoms with Crippen molar-refractivity contribution < 1.29 is 18.3 Å². The van der Waals surface area contributed by atoms with E-state index in [0.717, 1.165) is 26.2 Å². The standard InChI is InChI=1S/C38H54N4/c1-3-5-23-39-27-15-35(16-28-39)37-19-31-41(32-20-37)25-13-11-9-7-8-10-12-14-26-42-33-21-38(22-34-42)36-17-29-40(30-18-36)24-6-4-2/h15-22,27-34H,3-14,23-26H2,1-2H3/q+4. The minimum Gasteiger partial charge on any atom is -0.205 e. The molecule has 0 spiro atoms. The zero-order valence-corrected chi connectivity index (χ0v) is 26.3. The van der Waals surface area contributed by atoms with Crippen LogP contribution < -0.4 is 18.3 Å². The fourth-order valence-electron chi connectivity index (χ4n) is 5.53.